The monoisotopic (exact) mass is 293 g/mol. The number of anilines is 1. The fourth-order valence-corrected chi connectivity index (χ4v) is 3.05. The molecule has 3 aromatic heterocycles. The van der Waals surface area contributed by atoms with Gasteiger partial charge in [-0.3, -0.25) is 9.20 Å². The van der Waals surface area contributed by atoms with E-state index in [1.807, 2.05) is 22.6 Å². The first kappa shape index (κ1) is 12.9. The summed E-state index contributed by atoms with van der Waals surface area (Å²) in [5.74, 6) is 0.764. The number of fused-ring (bicyclic) bond motifs is 3. The van der Waals surface area contributed by atoms with E-state index in [1.54, 1.807) is 18.6 Å². The van der Waals surface area contributed by atoms with Crippen molar-refractivity contribution < 1.29 is 4.79 Å². The lowest BCUT2D eigenvalue weighted by atomic mass is 10.0. The number of nitrogens with one attached hydrogen (secondary N) is 1. The number of aryl methyl sites for hydroxylation is 1. The Labute approximate surface area is 127 Å². The van der Waals surface area contributed by atoms with Gasteiger partial charge < -0.3 is 5.32 Å². The molecule has 0 fully saturated rings. The SMILES string of the molecule is CC1CCc2c1cc(C(=O)Nc1ccccn1)c1nncn21. The number of hydrogen-bond donors (Lipinski definition) is 1. The molecule has 3 heterocycles. The molecule has 1 aliphatic carbocycles. The molecular formula is C16H15N5O. The lowest BCUT2D eigenvalue weighted by Gasteiger charge is -2.11. The molecule has 1 atom stereocenters. The first-order valence-corrected chi connectivity index (χ1v) is 7.32. The summed E-state index contributed by atoms with van der Waals surface area (Å²) in [5, 5.41) is 10.9. The standard InChI is InChI=1S/C16H15N5O/c1-10-5-6-13-11(10)8-12(15-20-18-9-21(13)15)16(22)19-14-4-2-3-7-17-14/h2-4,7-10H,5-6H2,1H3,(H,17,19,22). The molecule has 4 rings (SSSR count). The summed E-state index contributed by atoms with van der Waals surface area (Å²) in [4.78, 5) is 16.7. The molecule has 1 N–H and O–H groups in total. The van der Waals surface area contributed by atoms with Crippen LogP contribution in [0, 0.1) is 0 Å². The van der Waals surface area contributed by atoms with E-state index in [2.05, 4.69) is 27.4 Å². The Morgan fingerprint density at radius 1 is 1.41 bits per heavy atom. The van der Waals surface area contributed by atoms with Crippen LogP contribution < -0.4 is 5.32 Å². The minimum Gasteiger partial charge on any atom is -0.306 e. The molecule has 6 heteroatoms. The van der Waals surface area contributed by atoms with Crippen LogP contribution in [-0.2, 0) is 6.42 Å². The lowest BCUT2D eigenvalue weighted by molar-refractivity contribution is 0.102. The van der Waals surface area contributed by atoms with Crippen molar-refractivity contribution in [2.45, 2.75) is 25.7 Å². The Bertz CT molecular complexity index is 856. The molecule has 110 valence electrons. The number of nitrogens with zero attached hydrogens (tertiary/aromatic N) is 4. The van der Waals surface area contributed by atoms with Crippen molar-refractivity contribution in [1.29, 1.82) is 0 Å². The molecule has 0 saturated heterocycles. The molecule has 0 aromatic carbocycles. The van der Waals surface area contributed by atoms with Gasteiger partial charge in [0, 0.05) is 11.9 Å². The highest BCUT2D eigenvalue weighted by Crippen LogP contribution is 2.34. The van der Waals surface area contributed by atoms with Gasteiger partial charge in [-0.15, -0.1) is 10.2 Å². The van der Waals surface area contributed by atoms with Crippen molar-refractivity contribution in [2.24, 2.45) is 0 Å². The third kappa shape index (κ3) is 1.95. The zero-order chi connectivity index (χ0) is 15.1. The van der Waals surface area contributed by atoms with Crippen LogP contribution in [0.25, 0.3) is 5.65 Å². The number of rotatable bonds is 2. The van der Waals surface area contributed by atoms with Gasteiger partial charge in [0.05, 0.1) is 5.56 Å². The maximum Gasteiger partial charge on any atom is 0.260 e. The smallest absolute Gasteiger partial charge is 0.260 e. The maximum atomic E-state index is 12.6. The molecule has 1 amide bonds. The predicted molar refractivity (Wildman–Crippen MR) is 81.9 cm³/mol. The van der Waals surface area contributed by atoms with E-state index in [1.165, 1.54) is 11.3 Å². The summed E-state index contributed by atoms with van der Waals surface area (Å²) in [6, 6.07) is 7.35. The Morgan fingerprint density at radius 3 is 3.14 bits per heavy atom. The van der Waals surface area contributed by atoms with Gasteiger partial charge in [-0.2, -0.15) is 0 Å². The van der Waals surface area contributed by atoms with Gasteiger partial charge in [-0.05, 0) is 42.5 Å². The van der Waals surface area contributed by atoms with E-state index in [-0.39, 0.29) is 5.91 Å². The second-order valence-corrected chi connectivity index (χ2v) is 5.59. The Hall–Kier alpha value is -2.76. The molecular weight excluding hydrogens is 278 g/mol. The van der Waals surface area contributed by atoms with E-state index in [9.17, 15) is 4.79 Å². The second kappa shape index (κ2) is 4.91. The summed E-state index contributed by atoms with van der Waals surface area (Å²) in [6.45, 7) is 2.18. The normalized spacial score (nSPS) is 16.7. The van der Waals surface area contributed by atoms with Crippen LogP contribution >= 0.6 is 0 Å². The highest BCUT2D eigenvalue weighted by molar-refractivity contribution is 6.08. The van der Waals surface area contributed by atoms with Crippen molar-refractivity contribution in [3.8, 4) is 0 Å². The molecule has 0 bridgehead atoms. The van der Waals surface area contributed by atoms with Crippen LogP contribution in [0.15, 0.2) is 36.8 Å². The summed E-state index contributed by atoms with van der Waals surface area (Å²) in [6.07, 6.45) is 5.41. The minimum atomic E-state index is -0.210. The van der Waals surface area contributed by atoms with E-state index < -0.39 is 0 Å². The second-order valence-electron chi connectivity index (χ2n) is 5.59. The number of amides is 1. The molecule has 0 radical (unpaired) electrons. The van der Waals surface area contributed by atoms with E-state index in [4.69, 9.17) is 0 Å². The minimum absolute atomic E-state index is 0.210. The summed E-state index contributed by atoms with van der Waals surface area (Å²) in [7, 11) is 0. The fourth-order valence-electron chi connectivity index (χ4n) is 3.05. The zero-order valence-corrected chi connectivity index (χ0v) is 12.2. The number of carbonyl (C=O) groups excluding carboxylic acids is 1. The average Bonchev–Trinajstić information content (AvgIpc) is 3.14. The van der Waals surface area contributed by atoms with Crippen LogP contribution in [0.3, 0.4) is 0 Å². The molecule has 0 spiro atoms. The van der Waals surface area contributed by atoms with Crippen LogP contribution in [0.4, 0.5) is 5.82 Å². The number of aromatic nitrogens is 4. The number of hydrogen-bond acceptors (Lipinski definition) is 4. The molecule has 1 aliphatic rings. The van der Waals surface area contributed by atoms with Crippen molar-refractivity contribution in [3.05, 3.63) is 53.6 Å². The molecule has 0 aliphatic heterocycles. The summed E-state index contributed by atoms with van der Waals surface area (Å²) < 4.78 is 1.94. The fraction of sp³-hybridized carbons (Fsp3) is 0.250. The van der Waals surface area contributed by atoms with Crippen LogP contribution in [0.2, 0.25) is 0 Å². The maximum absolute atomic E-state index is 12.6. The number of pyridine rings is 2. The Kier molecular flexibility index (Phi) is 2.89. The van der Waals surface area contributed by atoms with Crippen molar-refractivity contribution >= 4 is 17.4 Å². The van der Waals surface area contributed by atoms with Crippen molar-refractivity contribution in [3.63, 3.8) is 0 Å². The molecule has 22 heavy (non-hydrogen) atoms. The molecule has 1 unspecified atom stereocenters. The lowest BCUT2D eigenvalue weighted by Crippen LogP contribution is -2.15. The first-order chi connectivity index (χ1) is 10.7. The van der Waals surface area contributed by atoms with Crippen LogP contribution in [0.1, 0.15) is 40.9 Å². The Balaban J connectivity index is 1.80. The Morgan fingerprint density at radius 2 is 2.32 bits per heavy atom. The van der Waals surface area contributed by atoms with Crippen LogP contribution in [0.5, 0.6) is 0 Å². The number of carbonyl (C=O) groups is 1. The molecule has 3 aromatic rings. The highest BCUT2D eigenvalue weighted by atomic mass is 16.1. The zero-order valence-electron chi connectivity index (χ0n) is 12.2. The predicted octanol–water partition coefficient (Wildman–Crippen LogP) is 2.43. The van der Waals surface area contributed by atoms with Gasteiger partial charge in [0.1, 0.15) is 12.1 Å². The van der Waals surface area contributed by atoms with E-state index in [0.29, 0.717) is 22.9 Å². The highest BCUT2D eigenvalue weighted by Gasteiger charge is 2.25. The largest absolute Gasteiger partial charge is 0.306 e. The van der Waals surface area contributed by atoms with Crippen molar-refractivity contribution in [1.82, 2.24) is 19.6 Å². The van der Waals surface area contributed by atoms with Gasteiger partial charge in [-0.1, -0.05) is 13.0 Å². The summed E-state index contributed by atoms with van der Waals surface area (Å²) in [5.41, 5.74) is 3.55. The molecule has 6 nitrogen and oxygen atoms in total. The van der Waals surface area contributed by atoms with Crippen molar-refractivity contribution in [2.75, 3.05) is 5.32 Å². The topological polar surface area (TPSA) is 72.2 Å². The van der Waals surface area contributed by atoms with Gasteiger partial charge in [-0.25, -0.2) is 4.98 Å². The van der Waals surface area contributed by atoms with E-state index in [0.717, 1.165) is 12.8 Å². The molecule has 0 saturated carbocycles. The third-order valence-electron chi connectivity index (χ3n) is 4.21. The quantitative estimate of drug-likeness (QED) is 0.787. The first-order valence-electron chi connectivity index (χ1n) is 7.32. The van der Waals surface area contributed by atoms with E-state index >= 15 is 0 Å². The van der Waals surface area contributed by atoms with Gasteiger partial charge >= 0.3 is 0 Å². The summed E-state index contributed by atoms with van der Waals surface area (Å²) >= 11 is 0. The van der Waals surface area contributed by atoms with Gasteiger partial charge in [0.25, 0.3) is 5.91 Å². The van der Waals surface area contributed by atoms with Crippen LogP contribution in [-0.4, -0.2) is 25.5 Å². The van der Waals surface area contributed by atoms with Gasteiger partial charge in [0.2, 0.25) is 0 Å². The third-order valence-corrected chi connectivity index (χ3v) is 4.21. The average molecular weight is 293 g/mol. The van der Waals surface area contributed by atoms with Gasteiger partial charge in [0.15, 0.2) is 5.65 Å².